The zero-order valence-electron chi connectivity index (χ0n) is 13.7. The average molecular weight is 292 g/mol. The lowest BCUT2D eigenvalue weighted by atomic mass is 9.86. The lowest BCUT2D eigenvalue weighted by Gasteiger charge is -2.34. The third-order valence-corrected chi connectivity index (χ3v) is 3.98. The fourth-order valence-electron chi connectivity index (χ4n) is 2.69. The number of carbonyl (C=O) groups excluding carboxylic acids is 1. The maximum atomic E-state index is 12.5. The molecule has 1 rings (SSSR count). The fourth-order valence-corrected chi connectivity index (χ4v) is 2.69. The third kappa shape index (κ3) is 4.29. The van der Waals surface area contributed by atoms with Crippen LogP contribution in [0.2, 0.25) is 0 Å². The summed E-state index contributed by atoms with van der Waals surface area (Å²) in [7, 11) is 1.45. The Kier molecular flexibility index (Phi) is 7.40. The molecule has 0 fully saturated rings. The van der Waals surface area contributed by atoms with E-state index in [4.69, 9.17) is 4.74 Å². The number of hydrogen-bond donors (Lipinski definition) is 1. The Labute approximate surface area is 128 Å². The number of esters is 1. The summed E-state index contributed by atoms with van der Waals surface area (Å²) in [5.74, 6) is -0.220. The fraction of sp³-hybridized carbons (Fsp3) is 0.588. The predicted molar refractivity (Wildman–Crippen MR) is 86.2 cm³/mol. The van der Waals surface area contributed by atoms with E-state index in [1.807, 2.05) is 37.3 Å². The van der Waals surface area contributed by atoms with Gasteiger partial charge in [0.25, 0.3) is 0 Å². The van der Waals surface area contributed by atoms with Crippen LogP contribution in [0.15, 0.2) is 30.3 Å². The Morgan fingerprint density at radius 2 is 1.81 bits per heavy atom. The highest BCUT2D eigenvalue weighted by atomic mass is 16.5. The van der Waals surface area contributed by atoms with Gasteiger partial charge in [0.1, 0.15) is 5.54 Å². The van der Waals surface area contributed by atoms with E-state index in [1.54, 1.807) is 0 Å². The zero-order valence-corrected chi connectivity index (χ0v) is 13.7. The van der Waals surface area contributed by atoms with Crippen LogP contribution in [-0.2, 0) is 15.1 Å². The van der Waals surface area contributed by atoms with Gasteiger partial charge in [-0.2, -0.15) is 0 Å². The van der Waals surface area contributed by atoms with Crippen molar-refractivity contribution in [3.05, 3.63) is 35.9 Å². The van der Waals surface area contributed by atoms with Gasteiger partial charge in [-0.15, -0.1) is 0 Å². The number of nitrogens with one attached hydrogen (secondary N) is 1. The summed E-state index contributed by atoms with van der Waals surface area (Å²) in [5.41, 5.74) is 0.193. The maximum Gasteiger partial charge on any atom is 0.330 e. The van der Waals surface area contributed by atoms with Crippen molar-refractivity contribution in [1.29, 1.82) is 0 Å². The quantitative estimate of drug-likeness (QED) is 0.710. The van der Waals surface area contributed by atoms with Crippen LogP contribution < -0.4 is 5.32 Å². The summed E-state index contributed by atoms with van der Waals surface area (Å²) >= 11 is 0. The van der Waals surface area contributed by atoms with Gasteiger partial charge in [-0.1, -0.05) is 51.1 Å². The monoisotopic (exact) mass is 292 g/mol. The number of ether oxygens (including phenoxy) is 1. The molecule has 0 spiro atoms. The van der Waals surface area contributed by atoms with Crippen molar-refractivity contribution in [2.24, 2.45) is 0 Å². The molecule has 118 valence electrons. The first-order valence-electron chi connectivity index (χ1n) is 7.75. The summed E-state index contributed by atoms with van der Waals surface area (Å²) in [6.45, 7) is 9.81. The second kappa shape index (κ2) is 8.80. The van der Waals surface area contributed by atoms with E-state index in [-0.39, 0.29) is 5.97 Å². The second-order valence-corrected chi connectivity index (χ2v) is 5.07. The van der Waals surface area contributed by atoms with E-state index in [9.17, 15) is 4.79 Å². The summed E-state index contributed by atoms with van der Waals surface area (Å²) in [5, 5.41) is 3.37. The molecule has 0 saturated heterocycles. The van der Waals surface area contributed by atoms with Crippen LogP contribution in [0, 0.1) is 0 Å². The molecular weight excluding hydrogens is 264 g/mol. The highest BCUT2D eigenvalue weighted by Crippen LogP contribution is 2.27. The first-order valence-corrected chi connectivity index (χ1v) is 7.75. The first kappa shape index (κ1) is 17.7. The molecule has 0 aliphatic heterocycles. The first-order chi connectivity index (χ1) is 10.1. The van der Waals surface area contributed by atoms with E-state index in [0.29, 0.717) is 13.0 Å². The summed E-state index contributed by atoms with van der Waals surface area (Å²) in [6, 6.07) is 9.86. The molecule has 0 aliphatic rings. The molecule has 4 heteroatoms. The standard InChI is InChI=1S/C17H28N2O2/c1-5-18-17(16(20)21-4,13-14-19(6-2)7-3)15-11-9-8-10-12-15/h8-12,18H,5-7,13-14H2,1-4H3. The Hall–Kier alpha value is -1.39. The molecule has 0 aromatic heterocycles. The molecule has 4 nitrogen and oxygen atoms in total. The van der Waals surface area contributed by atoms with Crippen LogP contribution >= 0.6 is 0 Å². The Morgan fingerprint density at radius 1 is 1.19 bits per heavy atom. The minimum atomic E-state index is -0.770. The van der Waals surface area contributed by atoms with Crippen molar-refractivity contribution in [2.45, 2.75) is 32.7 Å². The highest BCUT2D eigenvalue weighted by molar-refractivity contribution is 5.82. The number of likely N-dealkylation sites (N-methyl/N-ethyl adjacent to an activating group) is 1. The molecule has 0 radical (unpaired) electrons. The van der Waals surface area contributed by atoms with Gasteiger partial charge in [-0.25, -0.2) is 4.79 Å². The molecule has 1 N–H and O–H groups in total. The van der Waals surface area contributed by atoms with Gasteiger partial charge in [0.15, 0.2) is 0 Å². The molecule has 0 aliphatic carbocycles. The third-order valence-electron chi connectivity index (χ3n) is 3.98. The SMILES string of the molecule is CCNC(CCN(CC)CC)(C(=O)OC)c1ccccc1. The van der Waals surface area contributed by atoms with Crippen molar-refractivity contribution in [3.63, 3.8) is 0 Å². The van der Waals surface area contributed by atoms with Crippen molar-refractivity contribution in [2.75, 3.05) is 33.3 Å². The van der Waals surface area contributed by atoms with Gasteiger partial charge in [-0.3, -0.25) is 5.32 Å². The minimum absolute atomic E-state index is 0.220. The smallest absolute Gasteiger partial charge is 0.330 e. The Morgan fingerprint density at radius 3 is 2.29 bits per heavy atom. The summed E-state index contributed by atoms with van der Waals surface area (Å²) < 4.78 is 5.10. The Bertz CT molecular complexity index is 418. The number of methoxy groups -OCH3 is 1. The van der Waals surface area contributed by atoms with Crippen LogP contribution in [0.5, 0.6) is 0 Å². The normalized spacial score (nSPS) is 14.0. The topological polar surface area (TPSA) is 41.6 Å². The summed E-state index contributed by atoms with van der Waals surface area (Å²) in [6.07, 6.45) is 0.694. The van der Waals surface area contributed by atoms with Crippen molar-refractivity contribution < 1.29 is 9.53 Å². The molecule has 1 aromatic carbocycles. The van der Waals surface area contributed by atoms with Crippen molar-refractivity contribution >= 4 is 5.97 Å². The van der Waals surface area contributed by atoms with Gasteiger partial charge >= 0.3 is 5.97 Å². The lowest BCUT2D eigenvalue weighted by Crippen LogP contribution is -2.51. The number of carbonyl (C=O) groups is 1. The molecule has 0 bridgehead atoms. The summed E-state index contributed by atoms with van der Waals surface area (Å²) in [4.78, 5) is 14.8. The molecule has 21 heavy (non-hydrogen) atoms. The molecule has 1 unspecified atom stereocenters. The maximum absolute atomic E-state index is 12.5. The largest absolute Gasteiger partial charge is 0.467 e. The van der Waals surface area contributed by atoms with E-state index < -0.39 is 5.54 Å². The zero-order chi connectivity index (χ0) is 15.7. The van der Waals surface area contributed by atoms with Gasteiger partial charge in [0.2, 0.25) is 0 Å². The Balaban J connectivity index is 3.10. The van der Waals surface area contributed by atoms with E-state index in [1.165, 1.54) is 7.11 Å². The van der Waals surface area contributed by atoms with Gasteiger partial charge in [-0.05, 0) is 31.6 Å². The molecule has 0 amide bonds. The van der Waals surface area contributed by atoms with Gasteiger partial charge in [0.05, 0.1) is 7.11 Å². The molecule has 0 heterocycles. The molecule has 1 atom stereocenters. The molecule has 0 saturated carbocycles. The lowest BCUT2D eigenvalue weighted by molar-refractivity contribution is -0.149. The average Bonchev–Trinajstić information content (AvgIpc) is 2.54. The van der Waals surface area contributed by atoms with E-state index >= 15 is 0 Å². The highest BCUT2D eigenvalue weighted by Gasteiger charge is 2.40. The van der Waals surface area contributed by atoms with Crippen LogP contribution in [-0.4, -0.2) is 44.2 Å². The molecular formula is C17H28N2O2. The number of nitrogens with zero attached hydrogens (tertiary/aromatic N) is 1. The number of rotatable bonds is 9. The van der Waals surface area contributed by atoms with Crippen LogP contribution in [0.1, 0.15) is 32.8 Å². The van der Waals surface area contributed by atoms with E-state index in [0.717, 1.165) is 25.2 Å². The minimum Gasteiger partial charge on any atom is -0.467 e. The van der Waals surface area contributed by atoms with Gasteiger partial charge in [0, 0.05) is 6.54 Å². The predicted octanol–water partition coefficient (Wildman–Crippen LogP) is 2.40. The van der Waals surface area contributed by atoms with Crippen LogP contribution in [0.4, 0.5) is 0 Å². The molecule has 1 aromatic rings. The number of hydrogen-bond acceptors (Lipinski definition) is 4. The second-order valence-electron chi connectivity index (χ2n) is 5.07. The van der Waals surface area contributed by atoms with Crippen molar-refractivity contribution in [3.8, 4) is 0 Å². The van der Waals surface area contributed by atoms with Crippen LogP contribution in [0.3, 0.4) is 0 Å². The van der Waals surface area contributed by atoms with Crippen molar-refractivity contribution in [1.82, 2.24) is 10.2 Å². The van der Waals surface area contributed by atoms with E-state index in [2.05, 4.69) is 24.1 Å². The van der Waals surface area contributed by atoms with Crippen LogP contribution in [0.25, 0.3) is 0 Å². The number of benzene rings is 1. The van der Waals surface area contributed by atoms with Gasteiger partial charge < -0.3 is 9.64 Å².